The number of carbonyl (C=O) groups excluding carboxylic acids is 1. The van der Waals surface area contributed by atoms with Crippen LogP contribution in [0, 0.1) is 0 Å². The molecule has 0 aliphatic carbocycles. The van der Waals surface area contributed by atoms with E-state index in [2.05, 4.69) is 21.0 Å². The van der Waals surface area contributed by atoms with Gasteiger partial charge in [-0.15, -0.1) is 11.6 Å². The number of aromatic nitrogens is 2. The van der Waals surface area contributed by atoms with Crippen molar-refractivity contribution in [1.82, 2.24) is 14.7 Å². The molecule has 6 nitrogen and oxygen atoms in total. The van der Waals surface area contributed by atoms with E-state index in [0.717, 1.165) is 15.9 Å². The molecule has 0 atom stereocenters. The van der Waals surface area contributed by atoms with Crippen LogP contribution in [0.15, 0.2) is 28.7 Å². The molecule has 1 N–H and O–H groups in total. The van der Waals surface area contributed by atoms with E-state index in [1.54, 1.807) is 9.58 Å². The maximum absolute atomic E-state index is 12.1. The zero-order valence-corrected chi connectivity index (χ0v) is 15.0. The van der Waals surface area contributed by atoms with E-state index in [0.29, 0.717) is 18.5 Å². The van der Waals surface area contributed by atoms with Gasteiger partial charge in [-0.05, 0) is 24.3 Å². The first-order chi connectivity index (χ1) is 11.5. The summed E-state index contributed by atoms with van der Waals surface area (Å²) in [6, 6.07) is 7.49. The minimum atomic E-state index is -1.09. The quantitative estimate of drug-likeness (QED) is 0.784. The second-order valence-corrected chi connectivity index (χ2v) is 6.77. The van der Waals surface area contributed by atoms with Crippen LogP contribution in [0.4, 0.5) is 0 Å². The second kappa shape index (κ2) is 6.94. The lowest BCUT2D eigenvalue weighted by Gasteiger charge is -2.27. The van der Waals surface area contributed by atoms with Gasteiger partial charge in [0, 0.05) is 41.8 Å². The van der Waals surface area contributed by atoms with Gasteiger partial charge in [0.05, 0.1) is 11.4 Å². The number of aromatic carboxylic acids is 1. The van der Waals surface area contributed by atoms with Gasteiger partial charge in [-0.25, -0.2) is 9.48 Å². The molecule has 1 aliphatic heterocycles. The summed E-state index contributed by atoms with van der Waals surface area (Å²) < 4.78 is 2.60. The normalized spacial score (nSPS) is 13.7. The van der Waals surface area contributed by atoms with Gasteiger partial charge in [-0.1, -0.05) is 15.9 Å². The molecular weight excluding hydrogens is 398 g/mol. The number of rotatable bonds is 4. The van der Waals surface area contributed by atoms with E-state index in [9.17, 15) is 14.7 Å². The van der Waals surface area contributed by atoms with Crippen LogP contribution >= 0.6 is 27.5 Å². The highest BCUT2D eigenvalue weighted by atomic mass is 79.9. The minimum absolute atomic E-state index is 0.00343. The number of fused-ring (bicyclic) bond motifs is 1. The minimum Gasteiger partial charge on any atom is -0.476 e. The fraction of sp³-hybridized carbons (Fsp3) is 0.312. The average molecular weight is 413 g/mol. The maximum Gasteiger partial charge on any atom is 0.356 e. The summed E-state index contributed by atoms with van der Waals surface area (Å²) in [5.41, 5.74) is 2.23. The Morgan fingerprint density at radius 1 is 1.29 bits per heavy atom. The third-order valence-electron chi connectivity index (χ3n) is 3.99. The highest BCUT2D eigenvalue weighted by Crippen LogP contribution is 2.26. The molecule has 0 saturated heterocycles. The van der Waals surface area contributed by atoms with Gasteiger partial charge in [0.1, 0.15) is 0 Å². The number of carboxylic acid groups (broad SMARTS) is 1. The van der Waals surface area contributed by atoms with Crippen LogP contribution in [-0.4, -0.2) is 44.1 Å². The molecule has 1 amide bonds. The van der Waals surface area contributed by atoms with Crippen molar-refractivity contribution in [2.24, 2.45) is 0 Å². The van der Waals surface area contributed by atoms with Gasteiger partial charge < -0.3 is 10.0 Å². The van der Waals surface area contributed by atoms with E-state index in [-0.39, 0.29) is 30.4 Å². The Bertz CT molecular complexity index is 789. The SMILES string of the molecule is O=C(O)c1nn(-c2ccc(Br)cc2)c2c1CN(C(=O)CCCl)CC2. The Hall–Kier alpha value is -1.86. The zero-order chi connectivity index (χ0) is 17.3. The number of halogens is 2. The van der Waals surface area contributed by atoms with Gasteiger partial charge in [0.15, 0.2) is 5.69 Å². The molecule has 0 unspecified atom stereocenters. The number of benzene rings is 1. The first-order valence-corrected chi connectivity index (χ1v) is 8.77. The molecule has 2 heterocycles. The number of amides is 1. The molecule has 24 heavy (non-hydrogen) atoms. The molecule has 0 bridgehead atoms. The number of carbonyl (C=O) groups is 2. The van der Waals surface area contributed by atoms with Crippen LogP contribution < -0.4 is 0 Å². The monoisotopic (exact) mass is 411 g/mol. The molecule has 1 aromatic heterocycles. The van der Waals surface area contributed by atoms with E-state index in [4.69, 9.17) is 11.6 Å². The first-order valence-electron chi connectivity index (χ1n) is 7.45. The van der Waals surface area contributed by atoms with E-state index >= 15 is 0 Å². The van der Waals surface area contributed by atoms with Gasteiger partial charge in [0.2, 0.25) is 5.91 Å². The molecule has 8 heteroatoms. The molecule has 1 aliphatic rings. The van der Waals surface area contributed by atoms with Crippen molar-refractivity contribution in [2.45, 2.75) is 19.4 Å². The van der Waals surface area contributed by atoms with Gasteiger partial charge >= 0.3 is 5.97 Å². The Morgan fingerprint density at radius 3 is 2.62 bits per heavy atom. The molecule has 0 radical (unpaired) electrons. The van der Waals surface area contributed by atoms with Crippen LogP contribution in [0.2, 0.25) is 0 Å². The molecular formula is C16H15BrClN3O3. The molecule has 1 aromatic carbocycles. The molecule has 0 spiro atoms. The Balaban J connectivity index is 2.01. The average Bonchev–Trinajstić information content (AvgIpc) is 2.95. The summed E-state index contributed by atoms with van der Waals surface area (Å²) in [6.07, 6.45) is 0.805. The Labute approximate surface area is 152 Å². The van der Waals surface area contributed by atoms with Crippen LogP contribution in [0.1, 0.15) is 28.2 Å². The summed E-state index contributed by atoms with van der Waals surface area (Å²) in [5, 5.41) is 13.7. The lowest BCUT2D eigenvalue weighted by atomic mass is 10.0. The lowest BCUT2D eigenvalue weighted by molar-refractivity contribution is -0.131. The fourth-order valence-corrected chi connectivity index (χ4v) is 3.26. The molecule has 126 valence electrons. The summed E-state index contributed by atoms with van der Waals surface area (Å²) in [5.74, 6) is -0.899. The Kier molecular flexibility index (Phi) is 4.91. The smallest absolute Gasteiger partial charge is 0.356 e. The van der Waals surface area contributed by atoms with Crippen LogP contribution in [0.5, 0.6) is 0 Å². The van der Waals surface area contributed by atoms with E-state index in [1.807, 2.05) is 24.3 Å². The fourth-order valence-electron chi connectivity index (χ4n) is 2.84. The van der Waals surface area contributed by atoms with Crippen molar-refractivity contribution < 1.29 is 14.7 Å². The highest BCUT2D eigenvalue weighted by Gasteiger charge is 2.30. The third kappa shape index (κ3) is 3.18. The van der Waals surface area contributed by atoms with Gasteiger partial charge in [0.25, 0.3) is 0 Å². The highest BCUT2D eigenvalue weighted by molar-refractivity contribution is 9.10. The maximum atomic E-state index is 12.1. The van der Waals surface area contributed by atoms with Crippen LogP contribution in [-0.2, 0) is 17.8 Å². The molecule has 0 fully saturated rings. The number of nitrogens with zero attached hydrogens (tertiary/aromatic N) is 3. The van der Waals surface area contributed by atoms with Crippen molar-refractivity contribution in [3.63, 3.8) is 0 Å². The largest absolute Gasteiger partial charge is 0.476 e. The van der Waals surface area contributed by atoms with Crippen molar-refractivity contribution >= 4 is 39.4 Å². The van der Waals surface area contributed by atoms with Gasteiger partial charge in [-0.2, -0.15) is 5.10 Å². The third-order valence-corrected chi connectivity index (χ3v) is 4.71. The Morgan fingerprint density at radius 2 is 2.00 bits per heavy atom. The van der Waals surface area contributed by atoms with E-state index < -0.39 is 5.97 Å². The summed E-state index contributed by atoms with van der Waals surface area (Å²) in [4.78, 5) is 25.3. The van der Waals surface area contributed by atoms with Crippen LogP contribution in [0.25, 0.3) is 5.69 Å². The number of alkyl halides is 1. The molecule has 3 rings (SSSR count). The number of hydrogen-bond donors (Lipinski definition) is 1. The lowest BCUT2D eigenvalue weighted by Crippen LogP contribution is -2.36. The van der Waals surface area contributed by atoms with Crippen molar-refractivity contribution in [2.75, 3.05) is 12.4 Å². The zero-order valence-electron chi connectivity index (χ0n) is 12.7. The van der Waals surface area contributed by atoms with Crippen molar-refractivity contribution in [3.05, 3.63) is 45.7 Å². The van der Waals surface area contributed by atoms with Crippen molar-refractivity contribution in [3.8, 4) is 5.69 Å². The standard InChI is InChI=1S/C16H15BrClN3O3/c17-10-1-3-11(4-2-10)21-13-6-8-20(14(22)5-7-18)9-12(13)15(19-21)16(23)24/h1-4H,5-9H2,(H,23,24). The first kappa shape index (κ1) is 17.0. The summed E-state index contributed by atoms with van der Waals surface area (Å²) in [7, 11) is 0. The molecule has 0 saturated carbocycles. The molecule has 2 aromatic rings. The number of carboxylic acids is 1. The summed E-state index contributed by atoms with van der Waals surface area (Å²) >= 11 is 9.01. The van der Waals surface area contributed by atoms with Crippen molar-refractivity contribution in [1.29, 1.82) is 0 Å². The second-order valence-electron chi connectivity index (χ2n) is 5.47. The predicted molar refractivity (Wildman–Crippen MR) is 92.7 cm³/mol. The van der Waals surface area contributed by atoms with Crippen LogP contribution in [0.3, 0.4) is 0 Å². The topological polar surface area (TPSA) is 75.4 Å². The van der Waals surface area contributed by atoms with E-state index in [1.165, 1.54) is 0 Å². The summed E-state index contributed by atoms with van der Waals surface area (Å²) in [6.45, 7) is 0.785. The van der Waals surface area contributed by atoms with Gasteiger partial charge in [-0.3, -0.25) is 4.79 Å². The predicted octanol–water partition coefficient (Wildman–Crippen LogP) is 2.85. The number of hydrogen-bond acceptors (Lipinski definition) is 3.